The number of aryl methyl sites for hydroxylation is 1. The molecule has 2 N–H and O–H groups in total. The lowest BCUT2D eigenvalue weighted by molar-refractivity contribution is 0.170. The summed E-state index contributed by atoms with van der Waals surface area (Å²) in [4.78, 5) is 5.35. The Labute approximate surface area is 128 Å². The molecule has 0 spiro atoms. The number of aliphatic hydroxyl groups is 1. The number of ether oxygens (including phenoxy) is 2. The molecule has 1 aromatic heterocycles. The minimum absolute atomic E-state index is 0.431. The highest BCUT2D eigenvalue weighted by Gasteiger charge is 2.14. The van der Waals surface area contributed by atoms with Crippen molar-refractivity contribution in [3.8, 4) is 11.5 Å². The number of rotatable bonds is 7. The van der Waals surface area contributed by atoms with Crippen LogP contribution in [0.25, 0.3) is 0 Å². The van der Waals surface area contributed by atoms with Crippen LogP contribution in [-0.4, -0.2) is 30.9 Å². The highest BCUT2D eigenvalue weighted by molar-refractivity contribution is 7.11. The summed E-state index contributed by atoms with van der Waals surface area (Å²) in [7, 11) is 3.19. The van der Waals surface area contributed by atoms with E-state index >= 15 is 0 Å². The van der Waals surface area contributed by atoms with Crippen LogP contribution in [0.3, 0.4) is 0 Å². The van der Waals surface area contributed by atoms with E-state index < -0.39 is 6.10 Å². The maximum Gasteiger partial charge on any atom is 0.124 e. The van der Waals surface area contributed by atoms with Crippen LogP contribution in [0.2, 0.25) is 0 Å². The summed E-state index contributed by atoms with van der Waals surface area (Å²) >= 11 is 1.65. The summed E-state index contributed by atoms with van der Waals surface area (Å²) in [5.74, 6) is 1.35. The van der Waals surface area contributed by atoms with Crippen molar-refractivity contribution in [2.45, 2.75) is 19.6 Å². The minimum Gasteiger partial charge on any atom is -0.497 e. The van der Waals surface area contributed by atoms with Crippen LogP contribution >= 0.6 is 11.3 Å². The largest absolute Gasteiger partial charge is 0.497 e. The molecule has 1 unspecified atom stereocenters. The van der Waals surface area contributed by atoms with Crippen LogP contribution in [0.4, 0.5) is 0 Å². The second-order valence-corrected chi connectivity index (χ2v) is 5.92. The molecule has 0 saturated carbocycles. The van der Waals surface area contributed by atoms with Gasteiger partial charge in [0.2, 0.25) is 0 Å². The van der Waals surface area contributed by atoms with Gasteiger partial charge in [0.1, 0.15) is 11.5 Å². The van der Waals surface area contributed by atoms with Crippen molar-refractivity contribution in [1.29, 1.82) is 0 Å². The Morgan fingerprint density at radius 2 is 2.14 bits per heavy atom. The summed E-state index contributed by atoms with van der Waals surface area (Å²) in [6.07, 6.45) is 1.19. The van der Waals surface area contributed by atoms with Crippen LogP contribution in [0, 0.1) is 6.92 Å². The van der Waals surface area contributed by atoms with Crippen molar-refractivity contribution in [1.82, 2.24) is 10.3 Å². The Kier molecular flexibility index (Phi) is 5.55. The first-order chi connectivity index (χ1) is 10.1. The molecule has 1 aromatic carbocycles. The quantitative estimate of drug-likeness (QED) is 0.821. The molecule has 5 nitrogen and oxygen atoms in total. The fourth-order valence-electron chi connectivity index (χ4n) is 2.03. The van der Waals surface area contributed by atoms with Gasteiger partial charge in [0.15, 0.2) is 0 Å². The maximum absolute atomic E-state index is 10.3. The van der Waals surface area contributed by atoms with Gasteiger partial charge in [0.25, 0.3) is 0 Å². The van der Waals surface area contributed by atoms with Crippen LogP contribution in [0.1, 0.15) is 21.6 Å². The number of thiazole rings is 1. The van der Waals surface area contributed by atoms with Crippen molar-refractivity contribution in [3.63, 3.8) is 0 Å². The first kappa shape index (κ1) is 15.8. The van der Waals surface area contributed by atoms with E-state index in [0.29, 0.717) is 30.2 Å². The predicted molar refractivity (Wildman–Crippen MR) is 83.1 cm³/mol. The smallest absolute Gasteiger partial charge is 0.124 e. The summed E-state index contributed by atoms with van der Waals surface area (Å²) in [6.45, 7) is 3.10. The number of hydrogen-bond acceptors (Lipinski definition) is 6. The van der Waals surface area contributed by atoms with Gasteiger partial charge in [-0.3, -0.25) is 0 Å². The second-order valence-electron chi connectivity index (χ2n) is 4.60. The number of benzene rings is 1. The molecule has 0 aliphatic carbocycles. The third-order valence-electron chi connectivity index (χ3n) is 3.10. The molecule has 1 heterocycles. The normalized spacial score (nSPS) is 12.2. The zero-order chi connectivity index (χ0) is 15.2. The van der Waals surface area contributed by atoms with Crippen LogP contribution < -0.4 is 14.8 Å². The molecule has 2 aromatic rings. The van der Waals surface area contributed by atoms with Gasteiger partial charge in [0, 0.05) is 29.7 Å². The lowest BCUT2D eigenvalue weighted by Gasteiger charge is -2.16. The van der Waals surface area contributed by atoms with E-state index in [4.69, 9.17) is 9.47 Å². The van der Waals surface area contributed by atoms with Crippen molar-refractivity contribution in [2.75, 3.05) is 20.8 Å². The first-order valence-electron chi connectivity index (χ1n) is 6.66. The standard InChI is InChI=1S/C15H20N2O3S/c1-10-17-8-12(21-10)7-16-9-14(18)13-6-11(19-2)4-5-15(13)20-3/h4-6,8,14,16,18H,7,9H2,1-3H3. The average molecular weight is 308 g/mol. The number of aliphatic hydroxyl groups excluding tert-OH is 1. The predicted octanol–water partition coefficient (Wildman–Crippen LogP) is 2.29. The molecule has 6 heteroatoms. The van der Waals surface area contributed by atoms with Gasteiger partial charge in [-0.15, -0.1) is 11.3 Å². The molecular weight excluding hydrogens is 288 g/mol. The van der Waals surface area contributed by atoms with Gasteiger partial charge < -0.3 is 19.9 Å². The third kappa shape index (κ3) is 4.17. The Balaban J connectivity index is 1.97. The summed E-state index contributed by atoms with van der Waals surface area (Å²) in [5.41, 5.74) is 0.713. The zero-order valence-electron chi connectivity index (χ0n) is 12.4. The van der Waals surface area contributed by atoms with Gasteiger partial charge >= 0.3 is 0 Å². The fraction of sp³-hybridized carbons (Fsp3) is 0.400. The lowest BCUT2D eigenvalue weighted by Crippen LogP contribution is -2.21. The van der Waals surface area contributed by atoms with Crippen molar-refractivity contribution >= 4 is 11.3 Å². The van der Waals surface area contributed by atoms with E-state index in [-0.39, 0.29) is 0 Å². The molecule has 0 saturated heterocycles. The topological polar surface area (TPSA) is 63.6 Å². The van der Waals surface area contributed by atoms with Crippen LogP contribution in [0.5, 0.6) is 11.5 Å². The summed E-state index contributed by atoms with van der Waals surface area (Å²) in [5, 5.41) is 14.6. The van der Waals surface area contributed by atoms with Gasteiger partial charge in [0.05, 0.1) is 25.3 Å². The van der Waals surface area contributed by atoms with Gasteiger partial charge in [-0.25, -0.2) is 4.98 Å². The number of nitrogens with zero attached hydrogens (tertiary/aromatic N) is 1. The van der Waals surface area contributed by atoms with Crippen LogP contribution in [-0.2, 0) is 6.54 Å². The molecular formula is C15H20N2O3S. The second kappa shape index (κ2) is 7.40. The van der Waals surface area contributed by atoms with E-state index in [1.165, 1.54) is 0 Å². The molecule has 0 radical (unpaired) electrons. The van der Waals surface area contributed by atoms with Crippen LogP contribution in [0.15, 0.2) is 24.4 Å². The summed E-state index contributed by atoms with van der Waals surface area (Å²) in [6, 6.07) is 5.40. The maximum atomic E-state index is 10.3. The summed E-state index contributed by atoms with van der Waals surface area (Å²) < 4.78 is 10.5. The Morgan fingerprint density at radius 3 is 2.76 bits per heavy atom. The SMILES string of the molecule is COc1ccc(OC)c(C(O)CNCc2cnc(C)s2)c1. The van der Waals surface area contributed by atoms with Gasteiger partial charge in [-0.2, -0.15) is 0 Å². The number of aromatic nitrogens is 1. The van der Waals surface area contributed by atoms with Crippen molar-refractivity contribution in [2.24, 2.45) is 0 Å². The molecule has 114 valence electrons. The number of nitrogens with one attached hydrogen (secondary N) is 1. The minimum atomic E-state index is -0.663. The Morgan fingerprint density at radius 1 is 1.33 bits per heavy atom. The van der Waals surface area contributed by atoms with E-state index in [2.05, 4.69) is 10.3 Å². The van der Waals surface area contributed by atoms with Gasteiger partial charge in [-0.1, -0.05) is 0 Å². The molecule has 1 atom stereocenters. The Hall–Kier alpha value is -1.63. The number of hydrogen-bond donors (Lipinski definition) is 2. The molecule has 0 bridgehead atoms. The Bertz CT molecular complexity index is 586. The molecule has 0 aliphatic heterocycles. The van der Waals surface area contributed by atoms with E-state index in [9.17, 15) is 5.11 Å². The van der Waals surface area contributed by atoms with E-state index in [1.54, 1.807) is 37.7 Å². The van der Waals surface area contributed by atoms with E-state index in [1.807, 2.05) is 19.2 Å². The molecule has 0 fully saturated rings. The third-order valence-corrected chi connectivity index (χ3v) is 4.01. The zero-order valence-corrected chi connectivity index (χ0v) is 13.2. The lowest BCUT2D eigenvalue weighted by atomic mass is 10.1. The highest BCUT2D eigenvalue weighted by Crippen LogP contribution is 2.29. The van der Waals surface area contributed by atoms with Crippen molar-refractivity contribution < 1.29 is 14.6 Å². The van der Waals surface area contributed by atoms with Crippen molar-refractivity contribution in [3.05, 3.63) is 39.8 Å². The molecule has 21 heavy (non-hydrogen) atoms. The first-order valence-corrected chi connectivity index (χ1v) is 7.47. The average Bonchev–Trinajstić information content (AvgIpc) is 2.91. The molecule has 2 rings (SSSR count). The molecule has 0 aliphatic rings. The van der Waals surface area contributed by atoms with Gasteiger partial charge in [-0.05, 0) is 25.1 Å². The molecule has 0 amide bonds. The number of methoxy groups -OCH3 is 2. The highest BCUT2D eigenvalue weighted by atomic mass is 32.1. The van der Waals surface area contributed by atoms with E-state index in [0.717, 1.165) is 9.88 Å². The fourth-order valence-corrected chi connectivity index (χ4v) is 2.79. The monoisotopic (exact) mass is 308 g/mol.